The van der Waals surface area contributed by atoms with Crippen molar-refractivity contribution >= 4 is 17.5 Å². The van der Waals surface area contributed by atoms with Crippen molar-refractivity contribution in [3.63, 3.8) is 0 Å². The first-order valence-electron chi connectivity index (χ1n) is 9.42. The number of hydrogen-bond donors (Lipinski definition) is 1. The van der Waals surface area contributed by atoms with Crippen LogP contribution in [-0.4, -0.2) is 36.4 Å². The highest BCUT2D eigenvalue weighted by Gasteiger charge is 2.13. The largest absolute Gasteiger partial charge is 0.494 e. The average molecular weight is 368 g/mol. The molecular formula is C22H28N2O3. The van der Waals surface area contributed by atoms with Crippen molar-refractivity contribution in [3.8, 4) is 5.75 Å². The van der Waals surface area contributed by atoms with Crippen molar-refractivity contribution in [3.05, 3.63) is 59.7 Å². The van der Waals surface area contributed by atoms with Crippen LogP contribution in [0.2, 0.25) is 0 Å². The van der Waals surface area contributed by atoms with Gasteiger partial charge in [-0.1, -0.05) is 23.8 Å². The standard InChI is InChI=1S/C22H28N2O3/c1-4-24(5-2)22(26)18-8-6-9-19(16-18)23-21(25)10-7-15-27-20-13-11-17(3)12-14-20/h6,8-9,11-14,16H,4-5,7,10,15H2,1-3H3,(H,23,25). The Morgan fingerprint density at radius 3 is 2.41 bits per heavy atom. The number of nitrogens with zero attached hydrogens (tertiary/aromatic N) is 1. The lowest BCUT2D eigenvalue weighted by Gasteiger charge is -2.19. The van der Waals surface area contributed by atoms with Gasteiger partial charge in [0.25, 0.3) is 5.91 Å². The number of ether oxygens (including phenoxy) is 1. The molecule has 0 aromatic heterocycles. The molecule has 0 spiro atoms. The van der Waals surface area contributed by atoms with Crippen LogP contribution < -0.4 is 10.1 Å². The summed E-state index contributed by atoms with van der Waals surface area (Å²) >= 11 is 0. The number of hydrogen-bond acceptors (Lipinski definition) is 3. The van der Waals surface area contributed by atoms with E-state index in [1.165, 1.54) is 5.56 Å². The van der Waals surface area contributed by atoms with Crippen LogP contribution in [0.25, 0.3) is 0 Å². The number of nitrogens with one attached hydrogen (secondary N) is 1. The number of carbonyl (C=O) groups excluding carboxylic acids is 2. The van der Waals surface area contributed by atoms with Gasteiger partial charge in [-0.15, -0.1) is 0 Å². The van der Waals surface area contributed by atoms with Crippen molar-refractivity contribution in [1.29, 1.82) is 0 Å². The predicted octanol–water partition coefficient (Wildman–Crippen LogP) is 4.27. The van der Waals surface area contributed by atoms with E-state index >= 15 is 0 Å². The monoisotopic (exact) mass is 368 g/mol. The molecule has 0 unspecified atom stereocenters. The number of benzene rings is 2. The molecule has 0 atom stereocenters. The molecule has 1 N–H and O–H groups in total. The summed E-state index contributed by atoms with van der Waals surface area (Å²) in [4.78, 5) is 26.3. The molecule has 2 amide bonds. The Kier molecular flexibility index (Phi) is 7.86. The van der Waals surface area contributed by atoms with Gasteiger partial charge in [-0.25, -0.2) is 0 Å². The van der Waals surface area contributed by atoms with E-state index in [0.717, 1.165) is 5.75 Å². The van der Waals surface area contributed by atoms with Crippen LogP contribution in [0.15, 0.2) is 48.5 Å². The zero-order valence-electron chi connectivity index (χ0n) is 16.3. The smallest absolute Gasteiger partial charge is 0.253 e. The van der Waals surface area contributed by atoms with E-state index in [-0.39, 0.29) is 11.8 Å². The van der Waals surface area contributed by atoms with Crippen LogP contribution in [0.3, 0.4) is 0 Å². The SMILES string of the molecule is CCN(CC)C(=O)c1cccc(NC(=O)CCCOc2ccc(C)cc2)c1. The predicted molar refractivity (Wildman–Crippen MR) is 108 cm³/mol. The van der Waals surface area contributed by atoms with Crippen molar-refractivity contribution in [1.82, 2.24) is 4.90 Å². The molecule has 5 nitrogen and oxygen atoms in total. The Morgan fingerprint density at radius 2 is 1.74 bits per heavy atom. The molecule has 27 heavy (non-hydrogen) atoms. The molecule has 2 aromatic carbocycles. The van der Waals surface area contributed by atoms with Gasteiger partial charge in [0.15, 0.2) is 0 Å². The van der Waals surface area contributed by atoms with E-state index in [0.29, 0.717) is 43.8 Å². The summed E-state index contributed by atoms with van der Waals surface area (Å²) in [5.74, 6) is 0.696. The molecule has 0 saturated carbocycles. The minimum absolute atomic E-state index is 0.0254. The van der Waals surface area contributed by atoms with Gasteiger partial charge in [-0.05, 0) is 57.5 Å². The maximum absolute atomic E-state index is 12.4. The first kappa shape index (κ1) is 20.5. The van der Waals surface area contributed by atoms with Crippen LogP contribution in [0.1, 0.15) is 42.6 Å². The third-order valence-corrected chi connectivity index (χ3v) is 4.28. The molecule has 0 aliphatic carbocycles. The Balaban J connectivity index is 1.80. The Morgan fingerprint density at radius 1 is 1.04 bits per heavy atom. The van der Waals surface area contributed by atoms with Gasteiger partial charge in [-0.2, -0.15) is 0 Å². The summed E-state index contributed by atoms with van der Waals surface area (Å²) in [5, 5.41) is 2.85. The molecular weight excluding hydrogens is 340 g/mol. The van der Waals surface area contributed by atoms with Crippen molar-refractivity contribution in [2.75, 3.05) is 25.0 Å². The normalized spacial score (nSPS) is 10.3. The van der Waals surface area contributed by atoms with Gasteiger partial charge in [-0.3, -0.25) is 9.59 Å². The van der Waals surface area contributed by atoms with Crippen LogP contribution in [-0.2, 0) is 4.79 Å². The Bertz CT molecular complexity index is 752. The zero-order valence-corrected chi connectivity index (χ0v) is 16.3. The van der Waals surface area contributed by atoms with Gasteiger partial charge in [0, 0.05) is 30.8 Å². The lowest BCUT2D eigenvalue weighted by atomic mass is 10.1. The minimum atomic E-state index is -0.0880. The van der Waals surface area contributed by atoms with E-state index in [1.807, 2.05) is 45.0 Å². The highest BCUT2D eigenvalue weighted by atomic mass is 16.5. The second-order valence-electron chi connectivity index (χ2n) is 6.37. The maximum atomic E-state index is 12.4. The van der Waals surface area contributed by atoms with Gasteiger partial charge >= 0.3 is 0 Å². The molecule has 0 heterocycles. The fourth-order valence-corrected chi connectivity index (χ4v) is 2.70. The minimum Gasteiger partial charge on any atom is -0.494 e. The summed E-state index contributed by atoms with van der Waals surface area (Å²) in [6.45, 7) is 7.73. The quantitative estimate of drug-likeness (QED) is 0.672. The van der Waals surface area contributed by atoms with Gasteiger partial charge in [0.05, 0.1) is 6.61 Å². The second-order valence-corrected chi connectivity index (χ2v) is 6.37. The fourth-order valence-electron chi connectivity index (χ4n) is 2.70. The molecule has 2 aromatic rings. The van der Waals surface area contributed by atoms with Crippen LogP contribution in [0.4, 0.5) is 5.69 Å². The van der Waals surface area contributed by atoms with Crippen LogP contribution in [0, 0.1) is 6.92 Å². The van der Waals surface area contributed by atoms with E-state index in [9.17, 15) is 9.59 Å². The molecule has 0 aliphatic rings. The molecule has 5 heteroatoms. The number of rotatable bonds is 9. The van der Waals surface area contributed by atoms with Crippen LogP contribution >= 0.6 is 0 Å². The first-order valence-corrected chi connectivity index (χ1v) is 9.42. The fraction of sp³-hybridized carbons (Fsp3) is 0.364. The van der Waals surface area contributed by atoms with E-state index in [1.54, 1.807) is 29.2 Å². The van der Waals surface area contributed by atoms with Crippen molar-refractivity contribution < 1.29 is 14.3 Å². The zero-order chi connectivity index (χ0) is 19.6. The number of amides is 2. The highest BCUT2D eigenvalue weighted by molar-refractivity contribution is 5.97. The van der Waals surface area contributed by atoms with Crippen molar-refractivity contribution in [2.24, 2.45) is 0 Å². The van der Waals surface area contributed by atoms with E-state index < -0.39 is 0 Å². The third kappa shape index (κ3) is 6.44. The molecule has 0 fully saturated rings. The maximum Gasteiger partial charge on any atom is 0.253 e. The summed E-state index contributed by atoms with van der Waals surface area (Å²) in [5.41, 5.74) is 2.40. The Hall–Kier alpha value is -2.82. The lowest BCUT2D eigenvalue weighted by Crippen LogP contribution is -2.30. The van der Waals surface area contributed by atoms with E-state index in [2.05, 4.69) is 5.32 Å². The summed E-state index contributed by atoms with van der Waals surface area (Å²) < 4.78 is 5.63. The molecule has 2 rings (SSSR count). The summed E-state index contributed by atoms with van der Waals surface area (Å²) in [6.07, 6.45) is 0.984. The number of aryl methyl sites for hydroxylation is 1. The topological polar surface area (TPSA) is 58.6 Å². The van der Waals surface area contributed by atoms with E-state index in [4.69, 9.17) is 4.74 Å². The van der Waals surface area contributed by atoms with Gasteiger partial charge in [0.1, 0.15) is 5.75 Å². The van der Waals surface area contributed by atoms with Gasteiger partial charge < -0.3 is 15.0 Å². The highest BCUT2D eigenvalue weighted by Crippen LogP contribution is 2.14. The summed E-state index contributed by atoms with van der Waals surface area (Å²) in [6, 6.07) is 14.9. The third-order valence-electron chi connectivity index (χ3n) is 4.28. The lowest BCUT2D eigenvalue weighted by molar-refractivity contribution is -0.116. The summed E-state index contributed by atoms with van der Waals surface area (Å²) in [7, 11) is 0. The van der Waals surface area contributed by atoms with Gasteiger partial charge in [0.2, 0.25) is 5.91 Å². The number of carbonyl (C=O) groups is 2. The first-order chi connectivity index (χ1) is 13.0. The average Bonchev–Trinajstić information content (AvgIpc) is 2.67. The molecule has 0 radical (unpaired) electrons. The molecule has 0 saturated heterocycles. The molecule has 144 valence electrons. The van der Waals surface area contributed by atoms with Crippen molar-refractivity contribution in [2.45, 2.75) is 33.6 Å². The second kappa shape index (κ2) is 10.4. The molecule has 0 bridgehead atoms. The number of anilines is 1. The Labute approximate surface area is 161 Å². The molecule has 0 aliphatic heterocycles. The van der Waals surface area contributed by atoms with Crippen LogP contribution in [0.5, 0.6) is 5.75 Å².